The van der Waals surface area contributed by atoms with Crippen LogP contribution < -0.4 is 11.1 Å². The molecule has 0 atom stereocenters. The molecule has 0 aliphatic heterocycles. The number of hydrogen-bond acceptors (Lipinski definition) is 4. The van der Waals surface area contributed by atoms with E-state index in [2.05, 4.69) is 21.9 Å². The van der Waals surface area contributed by atoms with Crippen LogP contribution in [0.3, 0.4) is 0 Å². The summed E-state index contributed by atoms with van der Waals surface area (Å²) in [5, 5.41) is 3.14. The van der Waals surface area contributed by atoms with Crippen LogP contribution in [0.1, 0.15) is 45.1 Å². The van der Waals surface area contributed by atoms with Gasteiger partial charge in [0.15, 0.2) is 5.88 Å². The van der Waals surface area contributed by atoms with E-state index >= 15 is 0 Å². The van der Waals surface area contributed by atoms with Gasteiger partial charge in [0.2, 0.25) is 0 Å². The first-order chi connectivity index (χ1) is 13.4. The lowest BCUT2D eigenvalue weighted by atomic mass is 10.1. The van der Waals surface area contributed by atoms with Gasteiger partial charge in [0, 0.05) is 19.8 Å². The Morgan fingerprint density at radius 2 is 1.93 bits per heavy atom. The fraction of sp³-hybridized carbons (Fsp3) is 0.455. The zero-order valence-corrected chi connectivity index (χ0v) is 17.3. The summed E-state index contributed by atoms with van der Waals surface area (Å²) >= 11 is 0. The van der Waals surface area contributed by atoms with Gasteiger partial charge in [0.25, 0.3) is 0 Å². The zero-order chi connectivity index (χ0) is 20.8. The number of ether oxygens (including phenoxy) is 1. The Kier molecular flexibility index (Phi) is 11.3. The van der Waals surface area contributed by atoms with Crippen molar-refractivity contribution in [3.05, 3.63) is 59.4 Å². The molecular weight excluding hydrogens is 355 g/mol. The molecule has 0 aliphatic rings. The quantitative estimate of drug-likeness (QED) is 0.228. The Labute approximate surface area is 168 Å². The number of nitrogens with one attached hydrogen (secondary N) is 1. The lowest BCUT2D eigenvalue weighted by molar-refractivity contribution is 0.187. The van der Waals surface area contributed by atoms with Crippen molar-refractivity contribution in [1.29, 1.82) is 0 Å². The van der Waals surface area contributed by atoms with Crippen LogP contribution in [0.15, 0.2) is 58.0 Å². The molecule has 6 heteroatoms. The van der Waals surface area contributed by atoms with E-state index in [0.717, 1.165) is 48.9 Å². The summed E-state index contributed by atoms with van der Waals surface area (Å²) in [5.41, 5.74) is 8.72. The second-order valence-electron chi connectivity index (χ2n) is 6.69. The van der Waals surface area contributed by atoms with Crippen LogP contribution in [0.5, 0.6) is 0 Å². The number of nitrogens with zero attached hydrogens (tertiary/aromatic N) is 2. The molecule has 0 unspecified atom stereocenters. The monoisotopic (exact) mass is 388 g/mol. The molecule has 0 saturated heterocycles. The molecule has 0 aromatic heterocycles. The van der Waals surface area contributed by atoms with Crippen LogP contribution in [0.25, 0.3) is 0 Å². The highest BCUT2D eigenvalue weighted by atomic mass is 19.1. The van der Waals surface area contributed by atoms with E-state index in [1.54, 1.807) is 19.2 Å². The van der Waals surface area contributed by atoms with Crippen molar-refractivity contribution in [2.45, 2.75) is 46.0 Å². The third kappa shape index (κ3) is 9.90. The van der Waals surface area contributed by atoms with Gasteiger partial charge in [-0.1, -0.05) is 12.1 Å². The van der Waals surface area contributed by atoms with Crippen LogP contribution >= 0.6 is 0 Å². The average molecular weight is 389 g/mol. The Morgan fingerprint density at radius 3 is 2.57 bits per heavy atom. The molecule has 1 rings (SSSR count). The van der Waals surface area contributed by atoms with E-state index in [1.165, 1.54) is 12.1 Å². The van der Waals surface area contributed by atoms with Gasteiger partial charge in [-0.2, -0.15) is 0 Å². The van der Waals surface area contributed by atoms with Gasteiger partial charge in [0.05, 0.1) is 6.61 Å². The summed E-state index contributed by atoms with van der Waals surface area (Å²) in [6.07, 6.45) is 6.64. The largest absolute Gasteiger partial charge is 0.480 e. The molecule has 0 radical (unpaired) electrons. The lowest BCUT2D eigenvalue weighted by Gasteiger charge is -2.11. The Balaban J connectivity index is 2.09. The first kappa shape index (κ1) is 23.4. The molecule has 5 nitrogen and oxygen atoms in total. The average Bonchev–Trinajstić information content (AvgIpc) is 2.67. The fourth-order valence-electron chi connectivity index (χ4n) is 2.47. The number of rotatable bonds is 13. The second kappa shape index (κ2) is 13.5. The number of hydrogen-bond donors (Lipinski definition) is 2. The maximum Gasteiger partial charge on any atom is 0.179 e. The third-order valence-electron chi connectivity index (χ3n) is 4.08. The molecule has 0 bridgehead atoms. The summed E-state index contributed by atoms with van der Waals surface area (Å²) in [4.78, 5) is 8.41. The third-order valence-corrected chi connectivity index (χ3v) is 4.08. The number of nitrogens with two attached hydrogens (primary N) is 1. The second-order valence-corrected chi connectivity index (χ2v) is 6.69. The Hall–Kier alpha value is -2.63. The van der Waals surface area contributed by atoms with Crippen molar-refractivity contribution in [3.8, 4) is 0 Å². The smallest absolute Gasteiger partial charge is 0.179 e. The van der Waals surface area contributed by atoms with Crippen LogP contribution in [-0.2, 0) is 11.2 Å². The minimum absolute atomic E-state index is 0.216. The summed E-state index contributed by atoms with van der Waals surface area (Å²) in [6, 6.07) is 6.51. The number of halogens is 1. The summed E-state index contributed by atoms with van der Waals surface area (Å²) < 4.78 is 18.4. The van der Waals surface area contributed by atoms with Gasteiger partial charge in [-0.25, -0.2) is 4.39 Å². The maximum absolute atomic E-state index is 12.9. The molecule has 0 heterocycles. The minimum atomic E-state index is -0.216. The van der Waals surface area contributed by atoms with E-state index in [0.29, 0.717) is 24.9 Å². The first-order valence-electron chi connectivity index (χ1n) is 9.66. The van der Waals surface area contributed by atoms with Crippen molar-refractivity contribution in [2.75, 3.05) is 20.2 Å². The highest BCUT2D eigenvalue weighted by Crippen LogP contribution is 2.07. The number of unbranched alkanes of at least 4 members (excludes halogenated alkanes) is 3. The van der Waals surface area contributed by atoms with Crippen molar-refractivity contribution in [2.24, 2.45) is 15.7 Å². The highest BCUT2D eigenvalue weighted by molar-refractivity contribution is 5.98. The van der Waals surface area contributed by atoms with E-state index in [-0.39, 0.29) is 5.82 Å². The van der Waals surface area contributed by atoms with Gasteiger partial charge in [-0.05, 0) is 75.8 Å². The zero-order valence-electron chi connectivity index (χ0n) is 17.3. The molecule has 28 heavy (non-hydrogen) atoms. The van der Waals surface area contributed by atoms with Crippen LogP contribution in [0.4, 0.5) is 4.39 Å². The fourth-order valence-corrected chi connectivity index (χ4v) is 2.47. The Morgan fingerprint density at radius 1 is 1.21 bits per heavy atom. The molecule has 154 valence electrons. The van der Waals surface area contributed by atoms with Crippen molar-refractivity contribution >= 4 is 12.1 Å². The number of amidine groups is 1. The summed E-state index contributed by atoms with van der Waals surface area (Å²) in [5.74, 6) is 0.827. The van der Waals surface area contributed by atoms with Gasteiger partial charge in [0.1, 0.15) is 17.3 Å². The molecule has 0 fully saturated rings. The number of aliphatic imine (C=N–C) groups is 2. The van der Waals surface area contributed by atoms with Gasteiger partial charge >= 0.3 is 0 Å². The van der Waals surface area contributed by atoms with Crippen molar-refractivity contribution in [1.82, 2.24) is 5.32 Å². The first-order valence-corrected chi connectivity index (χ1v) is 9.66. The lowest BCUT2D eigenvalue weighted by Crippen LogP contribution is -2.18. The van der Waals surface area contributed by atoms with Gasteiger partial charge in [-0.15, -0.1) is 0 Å². The van der Waals surface area contributed by atoms with E-state index < -0.39 is 0 Å². The molecule has 0 aliphatic carbocycles. The maximum atomic E-state index is 12.9. The molecule has 1 aromatic rings. The molecule has 3 N–H and O–H groups in total. The topological polar surface area (TPSA) is 72.0 Å². The summed E-state index contributed by atoms with van der Waals surface area (Å²) in [7, 11) is 1.67. The standard InChI is InChI=1S/C22H33FN4O/c1-17(2)21(22(24)25-4)27-14-7-5-6-8-16-28-18(3)26-15-13-19-9-11-20(23)12-10-19/h9-12,14,26H,3,5-8,13,15-16H2,1-2,4H3,(H2,24,25). The predicted octanol–water partition coefficient (Wildman–Crippen LogP) is 4.36. The SMILES string of the molecule is C=C(NCCc1ccc(F)cc1)OCCCCCC=NC(C(N)=NC)=C(C)C. The normalized spacial score (nSPS) is 11.5. The van der Waals surface area contributed by atoms with Gasteiger partial charge < -0.3 is 15.8 Å². The number of allylic oxidation sites excluding steroid dienone is 1. The van der Waals surface area contributed by atoms with E-state index in [1.807, 2.05) is 20.1 Å². The van der Waals surface area contributed by atoms with Crippen molar-refractivity contribution < 1.29 is 9.13 Å². The van der Waals surface area contributed by atoms with E-state index in [4.69, 9.17) is 10.5 Å². The Bertz CT molecular complexity index is 689. The summed E-state index contributed by atoms with van der Waals surface area (Å²) in [6.45, 7) is 9.15. The van der Waals surface area contributed by atoms with E-state index in [9.17, 15) is 4.39 Å². The number of benzene rings is 1. The van der Waals surface area contributed by atoms with Crippen LogP contribution in [0, 0.1) is 5.82 Å². The van der Waals surface area contributed by atoms with Crippen molar-refractivity contribution in [3.63, 3.8) is 0 Å². The molecule has 0 amide bonds. The highest BCUT2D eigenvalue weighted by Gasteiger charge is 2.01. The van der Waals surface area contributed by atoms with Crippen LogP contribution in [0.2, 0.25) is 0 Å². The van der Waals surface area contributed by atoms with Gasteiger partial charge in [-0.3, -0.25) is 9.98 Å². The predicted molar refractivity (Wildman–Crippen MR) is 116 cm³/mol. The van der Waals surface area contributed by atoms with Crippen LogP contribution in [-0.4, -0.2) is 32.2 Å². The molecule has 0 spiro atoms. The molecule has 1 aromatic carbocycles. The molecular formula is C22H33FN4O. The minimum Gasteiger partial charge on any atom is -0.480 e. The molecule has 0 saturated carbocycles.